The van der Waals surface area contributed by atoms with Crippen LogP contribution in [0.4, 0.5) is 9.59 Å². The van der Waals surface area contributed by atoms with Crippen molar-refractivity contribution in [2.24, 2.45) is 0 Å². The third-order valence-electron chi connectivity index (χ3n) is 12.3. The predicted molar refractivity (Wildman–Crippen MR) is 269 cm³/mol. The van der Waals surface area contributed by atoms with Gasteiger partial charge in [0, 0.05) is 13.2 Å². The molecule has 0 saturated heterocycles. The Morgan fingerprint density at radius 3 is 1.18 bits per heavy atom. The van der Waals surface area contributed by atoms with Gasteiger partial charge >= 0.3 is 12.3 Å². The maximum Gasteiger partial charge on any atom is 0.508 e. The van der Waals surface area contributed by atoms with Gasteiger partial charge in [-0.15, -0.1) is 0 Å². The molecule has 0 aliphatic heterocycles. The number of carbonyl (C=O) groups excluding carboxylic acids is 2. The minimum Gasteiger partial charge on any atom is -0.434 e. The highest BCUT2D eigenvalue weighted by atomic mass is 16.7. The van der Waals surface area contributed by atoms with Crippen LogP contribution in [0.2, 0.25) is 0 Å². The van der Waals surface area contributed by atoms with Crippen LogP contribution in [0.3, 0.4) is 0 Å². The van der Waals surface area contributed by atoms with Gasteiger partial charge in [-0.3, -0.25) is 0 Å². The third-order valence-corrected chi connectivity index (χ3v) is 12.3. The Morgan fingerprint density at radius 2 is 0.738 bits per heavy atom. The monoisotopic (exact) mass is 919 g/mol. The standard InChI is InChI=1S/C56H102O9/c1-5-9-13-17-19-21-32-42-52(40-30-15-11-7-3)64-55(57)62-46-36-24-23-34-44-59-49-54(50-60-48-51-38-28-27-29-39-51)61-45-35-25-26-37-47-63-56(58)65-53(41-31-16-12-8-4)43-33-22-20-18-14-10-6-2/h27-29,38-39,52-54H,5-26,30-37,40-50H2,1-4H3. The van der Waals surface area contributed by atoms with Crippen LogP contribution >= 0.6 is 0 Å². The molecule has 0 aliphatic carbocycles. The number of carbonyl (C=O) groups is 2. The summed E-state index contributed by atoms with van der Waals surface area (Å²) in [6, 6.07) is 10.2. The predicted octanol–water partition coefficient (Wildman–Crippen LogP) is 17.0. The van der Waals surface area contributed by atoms with Crippen LogP contribution < -0.4 is 0 Å². The van der Waals surface area contributed by atoms with Gasteiger partial charge in [0.15, 0.2) is 0 Å². The number of unbranched alkanes of at least 4 members (excludes halogenated alkanes) is 24. The topological polar surface area (TPSA) is 98.8 Å². The molecule has 380 valence electrons. The molecule has 65 heavy (non-hydrogen) atoms. The van der Waals surface area contributed by atoms with Crippen molar-refractivity contribution in [3.05, 3.63) is 35.9 Å². The number of hydrogen-bond donors (Lipinski definition) is 0. The Kier molecular flexibility index (Phi) is 44.9. The van der Waals surface area contributed by atoms with E-state index in [2.05, 4.69) is 39.8 Å². The van der Waals surface area contributed by atoms with Crippen molar-refractivity contribution < 1.29 is 42.7 Å². The molecule has 0 radical (unpaired) electrons. The van der Waals surface area contributed by atoms with Crippen LogP contribution in [-0.4, -0.2) is 70.3 Å². The lowest BCUT2D eigenvalue weighted by Gasteiger charge is -2.19. The highest BCUT2D eigenvalue weighted by Gasteiger charge is 2.17. The second kappa shape index (κ2) is 48.1. The van der Waals surface area contributed by atoms with Gasteiger partial charge in [-0.05, 0) is 95.5 Å². The summed E-state index contributed by atoms with van der Waals surface area (Å²) in [7, 11) is 0. The number of benzene rings is 1. The molecular weight excluding hydrogens is 817 g/mol. The molecule has 0 N–H and O–H groups in total. The molecule has 0 fully saturated rings. The zero-order chi connectivity index (χ0) is 46.9. The Bertz CT molecular complexity index is 1130. The molecule has 0 saturated carbocycles. The lowest BCUT2D eigenvalue weighted by atomic mass is 10.0. The van der Waals surface area contributed by atoms with Crippen LogP contribution in [0.1, 0.15) is 252 Å². The largest absolute Gasteiger partial charge is 0.508 e. The Morgan fingerprint density at radius 1 is 0.385 bits per heavy atom. The molecule has 9 nitrogen and oxygen atoms in total. The van der Waals surface area contributed by atoms with E-state index >= 15 is 0 Å². The Hall–Kier alpha value is -2.36. The fourth-order valence-corrected chi connectivity index (χ4v) is 8.14. The fraction of sp³-hybridized carbons (Fsp3) is 0.857. The summed E-state index contributed by atoms with van der Waals surface area (Å²) in [6.07, 6.45) is 37.1. The summed E-state index contributed by atoms with van der Waals surface area (Å²) < 4.78 is 40.9. The van der Waals surface area contributed by atoms with Crippen LogP contribution in [0.15, 0.2) is 30.3 Å². The maximum absolute atomic E-state index is 12.6. The van der Waals surface area contributed by atoms with E-state index in [1.165, 1.54) is 116 Å². The molecule has 3 unspecified atom stereocenters. The summed E-state index contributed by atoms with van der Waals surface area (Å²) in [5.74, 6) is 0. The Labute approximate surface area is 400 Å². The number of hydrogen-bond acceptors (Lipinski definition) is 9. The summed E-state index contributed by atoms with van der Waals surface area (Å²) in [4.78, 5) is 25.1. The van der Waals surface area contributed by atoms with Gasteiger partial charge in [-0.2, -0.15) is 0 Å². The number of rotatable bonds is 49. The molecular formula is C56H102O9. The summed E-state index contributed by atoms with van der Waals surface area (Å²) in [5, 5.41) is 0. The van der Waals surface area contributed by atoms with E-state index in [0.717, 1.165) is 108 Å². The molecule has 0 amide bonds. The van der Waals surface area contributed by atoms with Crippen molar-refractivity contribution in [1.82, 2.24) is 0 Å². The molecule has 0 bridgehead atoms. The highest BCUT2D eigenvalue weighted by Crippen LogP contribution is 2.19. The van der Waals surface area contributed by atoms with Gasteiger partial charge in [-0.25, -0.2) is 9.59 Å². The zero-order valence-electron chi connectivity index (χ0n) is 42.8. The number of ether oxygens (including phenoxy) is 7. The van der Waals surface area contributed by atoms with E-state index in [1.807, 2.05) is 18.2 Å². The molecule has 0 spiro atoms. The van der Waals surface area contributed by atoms with Crippen molar-refractivity contribution in [2.75, 3.05) is 39.6 Å². The van der Waals surface area contributed by atoms with Gasteiger partial charge in [0.25, 0.3) is 0 Å². The lowest BCUT2D eigenvalue weighted by molar-refractivity contribution is -0.0645. The second-order valence-electron chi connectivity index (χ2n) is 18.6. The van der Waals surface area contributed by atoms with Crippen LogP contribution in [0, 0.1) is 0 Å². The molecule has 0 heterocycles. The van der Waals surface area contributed by atoms with Gasteiger partial charge in [0.2, 0.25) is 0 Å². The van der Waals surface area contributed by atoms with E-state index in [-0.39, 0.29) is 18.3 Å². The molecule has 3 atom stereocenters. The van der Waals surface area contributed by atoms with Crippen LogP contribution in [0.5, 0.6) is 0 Å². The molecule has 1 rings (SSSR count). The molecule has 1 aromatic carbocycles. The van der Waals surface area contributed by atoms with Gasteiger partial charge < -0.3 is 33.2 Å². The lowest BCUT2D eigenvalue weighted by Crippen LogP contribution is -2.26. The van der Waals surface area contributed by atoms with E-state index in [9.17, 15) is 9.59 Å². The summed E-state index contributed by atoms with van der Waals surface area (Å²) in [6.45, 7) is 12.5. The third kappa shape index (κ3) is 41.6. The van der Waals surface area contributed by atoms with Crippen LogP contribution in [0.25, 0.3) is 0 Å². The normalized spacial score (nSPS) is 12.8. The van der Waals surface area contributed by atoms with Crippen LogP contribution in [-0.2, 0) is 39.8 Å². The van der Waals surface area contributed by atoms with E-state index in [4.69, 9.17) is 33.2 Å². The smallest absolute Gasteiger partial charge is 0.434 e. The van der Waals surface area contributed by atoms with Gasteiger partial charge in [0.1, 0.15) is 18.3 Å². The quantitative estimate of drug-likeness (QED) is 0.0467. The zero-order valence-corrected chi connectivity index (χ0v) is 42.8. The highest BCUT2D eigenvalue weighted by molar-refractivity contribution is 5.60. The van der Waals surface area contributed by atoms with Gasteiger partial charge in [0.05, 0.1) is 33.0 Å². The first kappa shape index (κ1) is 60.7. The van der Waals surface area contributed by atoms with Crippen molar-refractivity contribution in [3.8, 4) is 0 Å². The molecule has 0 aromatic heterocycles. The SMILES string of the molecule is CCCCCCCCCC(CCCCCC)OC(=O)OCCCCCCOCC(COCc1ccccc1)OCCCCCCOC(=O)OC(CCCCCC)CCCCCCCCC. The average molecular weight is 919 g/mol. The molecule has 9 heteroatoms. The second-order valence-corrected chi connectivity index (χ2v) is 18.6. The molecule has 0 aliphatic rings. The minimum atomic E-state index is -0.507. The van der Waals surface area contributed by atoms with E-state index in [0.29, 0.717) is 46.2 Å². The first-order valence-electron chi connectivity index (χ1n) is 27.5. The van der Waals surface area contributed by atoms with Crippen molar-refractivity contribution in [3.63, 3.8) is 0 Å². The van der Waals surface area contributed by atoms with Crippen molar-refractivity contribution in [1.29, 1.82) is 0 Å². The fourth-order valence-electron chi connectivity index (χ4n) is 8.14. The van der Waals surface area contributed by atoms with Crippen molar-refractivity contribution >= 4 is 12.3 Å². The van der Waals surface area contributed by atoms with E-state index < -0.39 is 12.3 Å². The first-order chi connectivity index (χ1) is 32.0. The molecule has 1 aromatic rings. The Balaban J connectivity index is 2.31. The summed E-state index contributed by atoms with van der Waals surface area (Å²) in [5.41, 5.74) is 1.14. The average Bonchev–Trinajstić information content (AvgIpc) is 3.31. The first-order valence-corrected chi connectivity index (χ1v) is 27.5. The maximum atomic E-state index is 12.6. The van der Waals surface area contributed by atoms with Gasteiger partial charge in [-0.1, -0.05) is 186 Å². The van der Waals surface area contributed by atoms with Crippen molar-refractivity contribution in [2.45, 2.75) is 271 Å². The summed E-state index contributed by atoms with van der Waals surface area (Å²) >= 11 is 0. The minimum absolute atomic E-state index is 0.0279. The van der Waals surface area contributed by atoms with E-state index in [1.54, 1.807) is 0 Å².